The number of aliphatic carboxylic acids is 1. The summed E-state index contributed by atoms with van der Waals surface area (Å²) in [4.78, 5) is 102. The van der Waals surface area contributed by atoms with E-state index in [4.69, 9.17) is 97.6 Å². The molecule has 8 aromatic rings. The molecule has 6 saturated heterocycles. The van der Waals surface area contributed by atoms with Crippen molar-refractivity contribution in [1.29, 1.82) is 0 Å². The van der Waals surface area contributed by atoms with Gasteiger partial charge in [-0.15, -0.1) is 24.8 Å². The third-order valence-electron chi connectivity index (χ3n) is 22.7. The standard InChI is InChI=1S/C19H21ClN6O.C15H21ClN2O.C13H18ClN3O.C8H16N2O.C8H18N2.C8H15NO2.C7H4Cl2O.C6H4ClN3.2ClH/c20-14-3-1-13(2-4-14)18(27)23-11-19(21)6-9-26(10-7-19)17-15-5-8-22-16(15)24-12-25-17;1-15(7-9-18(2)10-8-15)11-17-14(19)12-3-5-13(16)6-4-12;14-11-3-1-10(2-4-11)12(18)17-9-13(15)5-7-16-8-6-13;1-8(7(9)11)3-5-10(2)6-4-8;1-8(7-9)3-5-10(2)6-4-8;1-8(7(10)11)3-5-9(2)6-4-8;8-6-3-1-5(2-4-6)7(9)10;7-5-4-1-2-8-6(4)10-3-9-5;;/h1-5,8,12H,6-7,9-11,21H2,(H,23,27)(H,22,24,25);3-6H,7-11H2,1-2H3,(H,17,19);1-4,16H,5-9,15H2,(H,17,18);3-6H2,1-2H3,(H2,9,11);3-7,9H2,1-2H3;3-6H2,1-2H3,(H,10,11);1-4H;1-3H,(H,8,9,10);2*1H. The normalized spacial score (nSPS) is 18.2. The van der Waals surface area contributed by atoms with Crippen molar-refractivity contribution in [3.63, 3.8) is 0 Å². The van der Waals surface area contributed by atoms with Gasteiger partial charge in [-0.25, -0.2) is 19.9 Å². The Labute approximate surface area is 736 Å². The molecule has 4 aromatic heterocycles. The van der Waals surface area contributed by atoms with Gasteiger partial charge in [-0.05, 0) is 316 Å². The molecule has 0 saturated carbocycles. The number of carboxylic acid groups (broad SMARTS) is 1. The molecule has 6 aliphatic rings. The number of aromatic amines is 2. The Balaban J connectivity index is 0.000000247. The van der Waals surface area contributed by atoms with Crippen molar-refractivity contribution in [1.82, 2.24) is 70.8 Å². The fraction of sp³-hybridized carbons (Fsp3) is 0.500. The van der Waals surface area contributed by atoms with Crippen molar-refractivity contribution in [2.45, 2.75) is 116 Å². The zero-order valence-electron chi connectivity index (χ0n) is 68.8. The molecule has 0 unspecified atom stereocenters. The molecule has 15 N–H and O–H groups in total. The first-order valence-electron chi connectivity index (χ1n) is 39.2. The zero-order valence-corrected chi connectivity index (χ0v) is 75.0. The van der Waals surface area contributed by atoms with Crippen molar-refractivity contribution in [3.8, 4) is 0 Å². The maximum absolute atomic E-state index is 12.3. The zero-order chi connectivity index (χ0) is 84.9. The van der Waals surface area contributed by atoms with Crippen LogP contribution >= 0.6 is 94.4 Å². The van der Waals surface area contributed by atoms with E-state index in [1.165, 1.54) is 32.3 Å². The van der Waals surface area contributed by atoms with Crippen LogP contribution in [0.5, 0.6) is 0 Å². The maximum atomic E-state index is 12.3. The lowest BCUT2D eigenvalue weighted by Gasteiger charge is -2.39. The molecular weight excluding hydrogens is 1670 g/mol. The monoisotopic (exact) mass is 1790 g/mol. The summed E-state index contributed by atoms with van der Waals surface area (Å²) in [6, 6.07) is 30.9. The summed E-state index contributed by atoms with van der Waals surface area (Å²) < 4.78 is 0. The number of carbonyl (C=O) groups is 6. The van der Waals surface area contributed by atoms with Crippen molar-refractivity contribution in [3.05, 3.63) is 182 Å². The average molecular weight is 1790 g/mol. The highest BCUT2D eigenvalue weighted by Gasteiger charge is 2.38. The maximum Gasteiger partial charge on any atom is 0.309 e. The molecule has 0 bridgehead atoms. The quantitative estimate of drug-likeness (QED) is 0.0356. The molecule has 0 aliphatic carbocycles. The summed E-state index contributed by atoms with van der Waals surface area (Å²) in [5.41, 5.74) is 26.9. The lowest BCUT2D eigenvalue weighted by Crippen LogP contribution is -2.56. The Morgan fingerprint density at radius 1 is 0.441 bits per heavy atom. The number of nitrogens with zero attached hydrogens (tertiary/aromatic N) is 9. The number of piperidine rings is 6. The summed E-state index contributed by atoms with van der Waals surface area (Å²) in [7, 11) is 8.42. The van der Waals surface area contributed by atoms with Gasteiger partial charge < -0.3 is 83.8 Å². The van der Waals surface area contributed by atoms with E-state index in [0.29, 0.717) is 66.0 Å². The van der Waals surface area contributed by atoms with Gasteiger partial charge in [0.2, 0.25) is 5.91 Å². The van der Waals surface area contributed by atoms with Crippen LogP contribution in [0, 0.1) is 21.7 Å². The lowest BCUT2D eigenvalue weighted by molar-refractivity contribution is -0.150. The van der Waals surface area contributed by atoms with Crippen LogP contribution < -0.4 is 49.1 Å². The molecule has 26 nitrogen and oxygen atoms in total. The van der Waals surface area contributed by atoms with Gasteiger partial charge >= 0.3 is 5.97 Å². The predicted molar refractivity (Wildman–Crippen MR) is 483 cm³/mol. The SMILES string of the molecule is CN1CCC(C)(C(=O)O)CC1.CN1CCC(C)(C(N)=O)CC1.CN1CCC(C)(CN)CC1.CN1CCC(C)(CNC(=O)c2ccc(Cl)cc2)CC1.Cl.Cl.Clc1ncnc2[nH]ccc12.NC1(CNC(=O)c2ccc(Cl)cc2)CCN(c2ncnc3[nH]ccc23)CC1.NC1(CNC(=O)c2ccc(Cl)cc2)CCNCC1.O=C(Cl)c1ccc(Cl)cc1. The van der Waals surface area contributed by atoms with E-state index in [-0.39, 0.29) is 64.8 Å². The Morgan fingerprint density at radius 3 is 1.15 bits per heavy atom. The van der Waals surface area contributed by atoms with E-state index in [2.05, 4.69) is 111 Å². The summed E-state index contributed by atoms with van der Waals surface area (Å²) in [6.45, 7) is 22.7. The fourth-order valence-electron chi connectivity index (χ4n) is 13.3. The van der Waals surface area contributed by atoms with E-state index in [1.807, 2.05) is 39.2 Å². The molecule has 648 valence electrons. The molecule has 0 spiro atoms. The topological polar surface area (TPSA) is 374 Å². The van der Waals surface area contributed by atoms with Gasteiger partial charge in [-0.3, -0.25) is 28.8 Å². The van der Waals surface area contributed by atoms with E-state index in [1.54, 1.807) is 110 Å². The van der Waals surface area contributed by atoms with Crippen molar-refractivity contribution >= 4 is 157 Å². The first-order valence-corrected chi connectivity index (χ1v) is 41.5. The minimum absolute atomic E-state index is 0. The highest BCUT2D eigenvalue weighted by atomic mass is 35.5. The Morgan fingerprint density at radius 2 is 0.780 bits per heavy atom. The highest BCUT2D eigenvalue weighted by Crippen LogP contribution is 2.34. The van der Waals surface area contributed by atoms with E-state index in [9.17, 15) is 28.8 Å². The molecule has 4 aromatic carbocycles. The number of amides is 4. The second-order valence-corrected chi connectivity index (χ2v) is 34.9. The molecule has 4 amide bonds. The predicted octanol–water partition coefficient (Wildman–Crippen LogP) is 13.1. The molecular formula is C84H119Cl8N19O7. The second kappa shape index (κ2) is 48.5. The summed E-state index contributed by atoms with van der Waals surface area (Å²) in [5.74, 6) is -0.125. The van der Waals surface area contributed by atoms with Gasteiger partial charge in [0, 0.05) is 104 Å². The average Bonchev–Trinajstić information content (AvgIpc) is 1.60. The van der Waals surface area contributed by atoms with Gasteiger partial charge in [0.15, 0.2) is 0 Å². The van der Waals surface area contributed by atoms with E-state index < -0.39 is 22.2 Å². The van der Waals surface area contributed by atoms with Crippen LogP contribution in [0.2, 0.25) is 25.2 Å². The number of anilines is 1. The first-order chi connectivity index (χ1) is 54.9. The number of hydrogen-bond acceptors (Lipinski definition) is 19. The van der Waals surface area contributed by atoms with Crippen LogP contribution in [-0.4, -0.2) is 233 Å². The Kier molecular flexibility index (Phi) is 41.8. The number of hydrogen-bond donors (Lipinski definition) is 11. The molecule has 0 radical (unpaired) electrons. The van der Waals surface area contributed by atoms with Crippen molar-refractivity contribution in [2.24, 2.45) is 44.6 Å². The smallest absolute Gasteiger partial charge is 0.309 e. The molecule has 6 aliphatic heterocycles. The Bertz CT molecular complexity index is 4350. The number of fused-ring (bicyclic) bond motifs is 2. The molecule has 14 rings (SSSR count). The highest BCUT2D eigenvalue weighted by molar-refractivity contribution is 6.67. The van der Waals surface area contributed by atoms with Crippen LogP contribution in [0.15, 0.2) is 134 Å². The number of benzene rings is 4. The van der Waals surface area contributed by atoms with Crippen molar-refractivity contribution in [2.75, 3.05) is 138 Å². The number of halogens is 8. The molecule has 0 atom stereocenters. The summed E-state index contributed by atoms with van der Waals surface area (Å²) in [5, 5.41) is 25.4. The van der Waals surface area contributed by atoms with Gasteiger partial charge in [-0.1, -0.05) is 78.8 Å². The van der Waals surface area contributed by atoms with Crippen LogP contribution in [0.3, 0.4) is 0 Å². The molecule has 6 fully saturated rings. The second-order valence-electron chi connectivity index (χ2n) is 32.5. The number of primary amides is 1. The van der Waals surface area contributed by atoms with Gasteiger partial charge in [0.25, 0.3) is 23.0 Å². The number of H-pyrrole nitrogens is 2. The van der Waals surface area contributed by atoms with Crippen LogP contribution in [0.4, 0.5) is 5.82 Å². The largest absolute Gasteiger partial charge is 0.481 e. The molecule has 10 heterocycles. The van der Waals surface area contributed by atoms with Crippen LogP contribution in [-0.2, 0) is 9.59 Å². The number of carboxylic acids is 1. The number of aromatic nitrogens is 6. The number of carbonyl (C=O) groups excluding carboxylic acids is 5. The minimum atomic E-state index is -0.648. The number of rotatable bonds is 14. The van der Waals surface area contributed by atoms with Gasteiger partial charge in [0.05, 0.1) is 16.2 Å². The van der Waals surface area contributed by atoms with Crippen LogP contribution in [0.1, 0.15) is 146 Å². The minimum Gasteiger partial charge on any atom is -0.481 e. The summed E-state index contributed by atoms with van der Waals surface area (Å²) in [6.07, 6.45) is 18.1. The molecule has 34 heteroatoms. The Hall–Kier alpha value is -7.06. The number of likely N-dealkylation sites (tertiary alicyclic amines) is 4. The number of nitrogens with two attached hydrogens (primary N) is 4. The lowest BCUT2D eigenvalue weighted by atomic mass is 9.80. The van der Waals surface area contributed by atoms with E-state index in [0.717, 1.165) is 171 Å². The van der Waals surface area contributed by atoms with Gasteiger partial charge in [0.1, 0.15) is 34.9 Å². The van der Waals surface area contributed by atoms with Crippen LogP contribution in [0.25, 0.3) is 22.1 Å². The van der Waals surface area contributed by atoms with Gasteiger partial charge in [-0.2, -0.15) is 0 Å². The van der Waals surface area contributed by atoms with Crippen molar-refractivity contribution < 1.29 is 33.9 Å². The van der Waals surface area contributed by atoms with E-state index >= 15 is 0 Å². The fourth-order valence-corrected chi connectivity index (χ4v) is 14.1. The first kappa shape index (κ1) is 101. The third-order valence-corrected chi connectivity index (χ3v) is 24.3. The molecule has 118 heavy (non-hydrogen) atoms. The summed E-state index contributed by atoms with van der Waals surface area (Å²) >= 11 is 33.9. The third kappa shape index (κ3) is 33.1. The number of nitrogens with one attached hydrogen (secondary N) is 6.